The molecule has 0 spiro atoms. The fraction of sp³-hybridized carbons (Fsp3) is 0.231. The zero-order valence-electron chi connectivity index (χ0n) is 9.94. The number of aryl methyl sites for hydroxylation is 1. The Hall–Kier alpha value is -1.36. The maximum Gasteiger partial charge on any atom is 0.122 e. The molecule has 0 amide bonds. The van der Waals surface area contributed by atoms with Crippen molar-refractivity contribution < 1.29 is 4.74 Å². The van der Waals surface area contributed by atoms with Crippen LogP contribution in [0.4, 0.5) is 0 Å². The maximum atomic E-state index is 5.64. The van der Waals surface area contributed by atoms with Gasteiger partial charge in [0.25, 0.3) is 0 Å². The highest BCUT2D eigenvalue weighted by Crippen LogP contribution is 2.29. The topological polar surface area (TPSA) is 47.3 Å². The molecule has 0 aliphatic heterocycles. The van der Waals surface area contributed by atoms with Crippen LogP contribution in [0.5, 0.6) is 5.75 Å². The van der Waals surface area contributed by atoms with Gasteiger partial charge in [0, 0.05) is 4.88 Å². The van der Waals surface area contributed by atoms with Gasteiger partial charge in [-0.1, -0.05) is 18.2 Å². The van der Waals surface area contributed by atoms with E-state index < -0.39 is 0 Å². The molecule has 0 bridgehead atoms. The molecule has 2 rings (SSSR count). The summed E-state index contributed by atoms with van der Waals surface area (Å²) in [7, 11) is 1.68. The Labute approximate surface area is 105 Å². The van der Waals surface area contributed by atoms with Gasteiger partial charge in [0.15, 0.2) is 0 Å². The van der Waals surface area contributed by atoms with Crippen LogP contribution in [0.1, 0.15) is 22.0 Å². The van der Waals surface area contributed by atoms with Crippen molar-refractivity contribution in [3.63, 3.8) is 0 Å². The number of nitrogens with one attached hydrogen (secondary N) is 1. The Balaban J connectivity index is 2.38. The summed E-state index contributed by atoms with van der Waals surface area (Å²) in [5, 5.41) is 2.05. The van der Waals surface area contributed by atoms with E-state index in [1.807, 2.05) is 30.5 Å². The minimum atomic E-state index is 0.0181. The summed E-state index contributed by atoms with van der Waals surface area (Å²) in [6, 6.07) is 10.3. The Morgan fingerprint density at radius 2 is 2.18 bits per heavy atom. The van der Waals surface area contributed by atoms with Crippen LogP contribution in [-0.2, 0) is 0 Å². The largest absolute Gasteiger partial charge is 0.496 e. The molecule has 4 heteroatoms. The number of thiophene rings is 1. The molecule has 2 aromatic rings. The van der Waals surface area contributed by atoms with Crippen molar-refractivity contribution in [1.82, 2.24) is 5.43 Å². The maximum absolute atomic E-state index is 5.64. The van der Waals surface area contributed by atoms with Crippen LogP contribution in [0.15, 0.2) is 35.7 Å². The van der Waals surface area contributed by atoms with Crippen LogP contribution in [0, 0.1) is 6.92 Å². The predicted molar refractivity (Wildman–Crippen MR) is 71.2 cm³/mol. The van der Waals surface area contributed by atoms with Crippen molar-refractivity contribution in [2.45, 2.75) is 13.0 Å². The van der Waals surface area contributed by atoms with E-state index in [0.717, 1.165) is 16.9 Å². The average molecular weight is 248 g/mol. The van der Waals surface area contributed by atoms with Gasteiger partial charge < -0.3 is 4.74 Å². The Morgan fingerprint density at radius 1 is 1.35 bits per heavy atom. The number of nitrogens with two attached hydrogens (primary N) is 1. The lowest BCUT2D eigenvalue weighted by Crippen LogP contribution is -2.28. The summed E-state index contributed by atoms with van der Waals surface area (Å²) < 4.78 is 5.33. The monoisotopic (exact) mass is 248 g/mol. The van der Waals surface area contributed by atoms with Gasteiger partial charge in [-0.05, 0) is 35.6 Å². The Morgan fingerprint density at radius 3 is 2.76 bits per heavy atom. The molecule has 0 fully saturated rings. The van der Waals surface area contributed by atoms with E-state index in [1.165, 1.54) is 4.88 Å². The van der Waals surface area contributed by atoms with E-state index in [9.17, 15) is 0 Å². The lowest BCUT2D eigenvalue weighted by molar-refractivity contribution is 0.410. The minimum absolute atomic E-state index is 0.0181. The van der Waals surface area contributed by atoms with Gasteiger partial charge >= 0.3 is 0 Å². The summed E-state index contributed by atoms with van der Waals surface area (Å²) in [6.07, 6.45) is 0. The number of hydrazine groups is 1. The fourth-order valence-corrected chi connectivity index (χ4v) is 2.63. The van der Waals surface area contributed by atoms with Gasteiger partial charge in [-0.3, -0.25) is 5.84 Å². The first-order chi connectivity index (χ1) is 8.26. The van der Waals surface area contributed by atoms with Gasteiger partial charge in [-0.15, -0.1) is 11.3 Å². The summed E-state index contributed by atoms with van der Waals surface area (Å²) in [6.45, 7) is 2.03. The molecule has 1 unspecified atom stereocenters. The van der Waals surface area contributed by atoms with Crippen molar-refractivity contribution in [3.05, 3.63) is 51.7 Å². The molecule has 3 nitrogen and oxygen atoms in total. The second-order valence-electron chi connectivity index (χ2n) is 3.84. The second-order valence-corrected chi connectivity index (χ2v) is 4.82. The minimum Gasteiger partial charge on any atom is -0.496 e. The second kappa shape index (κ2) is 5.31. The Kier molecular flexibility index (Phi) is 3.78. The molecule has 1 aromatic heterocycles. The van der Waals surface area contributed by atoms with Gasteiger partial charge in [-0.2, -0.15) is 0 Å². The highest BCUT2D eigenvalue weighted by molar-refractivity contribution is 7.10. The van der Waals surface area contributed by atoms with Crippen molar-refractivity contribution >= 4 is 11.3 Å². The number of hydrogen-bond donors (Lipinski definition) is 2. The molecule has 1 atom stereocenters. The molecule has 90 valence electrons. The smallest absolute Gasteiger partial charge is 0.122 e. The third kappa shape index (κ3) is 2.49. The van der Waals surface area contributed by atoms with Crippen LogP contribution in [0.2, 0.25) is 0 Å². The highest BCUT2D eigenvalue weighted by Gasteiger charge is 2.14. The van der Waals surface area contributed by atoms with E-state index in [0.29, 0.717) is 0 Å². The van der Waals surface area contributed by atoms with Crippen molar-refractivity contribution in [2.75, 3.05) is 7.11 Å². The average Bonchev–Trinajstić information content (AvgIpc) is 2.86. The zero-order valence-corrected chi connectivity index (χ0v) is 10.8. The fourth-order valence-electron chi connectivity index (χ4n) is 1.81. The first kappa shape index (κ1) is 12.1. The highest BCUT2D eigenvalue weighted by atomic mass is 32.1. The van der Waals surface area contributed by atoms with Crippen LogP contribution >= 0.6 is 11.3 Å². The van der Waals surface area contributed by atoms with Crippen molar-refractivity contribution in [1.29, 1.82) is 0 Å². The van der Waals surface area contributed by atoms with Gasteiger partial charge in [0.1, 0.15) is 5.75 Å². The SMILES string of the molecule is COc1cc(C(NN)c2cccs2)ccc1C. The molecule has 0 saturated heterocycles. The van der Waals surface area contributed by atoms with Crippen LogP contribution in [0.3, 0.4) is 0 Å². The normalized spacial score (nSPS) is 12.4. The van der Waals surface area contributed by atoms with E-state index in [-0.39, 0.29) is 6.04 Å². The number of hydrogen-bond acceptors (Lipinski definition) is 4. The summed E-state index contributed by atoms with van der Waals surface area (Å²) in [5.74, 6) is 6.53. The van der Waals surface area contributed by atoms with Crippen LogP contribution in [0.25, 0.3) is 0 Å². The molecular formula is C13H16N2OS. The van der Waals surface area contributed by atoms with E-state index >= 15 is 0 Å². The lowest BCUT2D eigenvalue weighted by Gasteiger charge is -2.16. The molecule has 0 radical (unpaired) electrons. The first-order valence-electron chi connectivity index (χ1n) is 5.40. The summed E-state index contributed by atoms with van der Waals surface area (Å²) in [5.41, 5.74) is 5.08. The quantitative estimate of drug-likeness (QED) is 0.646. The molecule has 0 saturated carbocycles. The molecule has 0 aliphatic rings. The lowest BCUT2D eigenvalue weighted by atomic mass is 10.0. The molecule has 3 N–H and O–H groups in total. The van der Waals surface area contributed by atoms with E-state index in [2.05, 4.69) is 17.6 Å². The van der Waals surface area contributed by atoms with Gasteiger partial charge in [-0.25, -0.2) is 5.43 Å². The molecular weight excluding hydrogens is 232 g/mol. The summed E-state index contributed by atoms with van der Waals surface area (Å²) >= 11 is 1.68. The first-order valence-corrected chi connectivity index (χ1v) is 6.28. The Bertz CT molecular complexity index is 482. The van der Waals surface area contributed by atoms with Gasteiger partial charge in [0.2, 0.25) is 0 Å². The molecule has 1 aromatic carbocycles. The third-order valence-corrected chi connectivity index (χ3v) is 3.70. The number of rotatable bonds is 4. The van der Waals surface area contributed by atoms with Crippen molar-refractivity contribution in [2.24, 2.45) is 5.84 Å². The van der Waals surface area contributed by atoms with Crippen LogP contribution in [-0.4, -0.2) is 7.11 Å². The standard InChI is InChI=1S/C13H16N2OS/c1-9-5-6-10(8-11(9)16-2)13(15-14)12-4-3-7-17-12/h3-8,13,15H,14H2,1-2H3. The molecule has 1 heterocycles. The van der Waals surface area contributed by atoms with Crippen LogP contribution < -0.4 is 16.0 Å². The predicted octanol–water partition coefficient (Wildman–Crippen LogP) is 2.62. The number of benzene rings is 1. The number of ether oxygens (including phenoxy) is 1. The summed E-state index contributed by atoms with van der Waals surface area (Å²) in [4.78, 5) is 1.19. The van der Waals surface area contributed by atoms with Crippen molar-refractivity contribution in [3.8, 4) is 5.75 Å². The zero-order chi connectivity index (χ0) is 12.3. The third-order valence-electron chi connectivity index (χ3n) is 2.76. The van der Waals surface area contributed by atoms with E-state index in [1.54, 1.807) is 18.4 Å². The van der Waals surface area contributed by atoms with Gasteiger partial charge in [0.05, 0.1) is 13.2 Å². The van der Waals surface area contributed by atoms with E-state index in [4.69, 9.17) is 10.6 Å². The number of methoxy groups -OCH3 is 1. The molecule has 17 heavy (non-hydrogen) atoms. The molecule has 0 aliphatic carbocycles.